The zero-order valence-electron chi connectivity index (χ0n) is 11.3. The molecule has 2 aromatic rings. The van der Waals surface area contributed by atoms with Gasteiger partial charge in [-0.05, 0) is 30.5 Å². The van der Waals surface area contributed by atoms with Crippen LogP contribution in [0.25, 0.3) is 0 Å². The van der Waals surface area contributed by atoms with Crippen molar-refractivity contribution >= 4 is 23.6 Å². The number of amides is 1. The summed E-state index contributed by atoms with van der Waals surface area (Å²) in [6, 6.07) is 7.26. The molecule has 0 unspecified atom stereocenters. The third-order valence-electron chi connectivity index (χ3n) is 2.67. The van der Waals surface area contributed by atoms with E-state index in [1.165, 1.54) is 10.9 Å². The first-order valence-electron chi connectivity index (χ1n) is 6.11. The lowest BCUT2D eigenvalue weighted by Gasteiger charge is -2.03. The molecule has 0 saturated carbocycles. The number of carbonyl (C=O) groups excluding carboxylic acids is 1. The van der Waals surface area contributed by atoms with Crippen molar-refractivity contribution in [1.82, 2.24) is 20.3 Å². The summed E-state index contributed by atoms with van der Waals surface area (Å²) in [4.78, 5) is 23.5. The van der Waals surface area contributed by atoms with Crippen molar-refractivity contribution in [2.24, 2.45) is 0 Å². The van der Waals surface area contributed by atoms with Crippen LogP contribution in [-0.4, -0.2) is 38.2 Å². The number of aliphatic carboxylic acids is 1. The third kappa shape index (κ3) is 4.32. The predicted octanol–water partition coefficient (Wildman–Crippen LogP) is 1.01. The van der Waals surface area contributed by atoms with E-state index in [4.69, 9.17) is 5.11 Å². The molecule has 2 N–H and O–H groups in total. The highest BCUT2D eigenvalue weighted by molar-refractivity contribution is 7.98. The molecule has 0 spiro atoms. The maximum atomic E-state index is 11.9. The maximum Gasteiger partial charge on any atom is 0.325 e. The van der Waals surface area contributed by atoms with E-state index >= 15 is 0 Å². The number of nitrogens with zero attached hydrogens (tertiary/aromatic N) is 3. The first-order chi connectivity index (χ1) is 10.1. The minimum atomic E-state index is -0.996. The standard InChI is InChI=1S/C13H14N4O3S/c1-21-11-4-2-9(3-5-11)13(20)14-6-10-7-17(16-15-10)8-12(18)19/h2-5,7H,6,8H2,1H3,(H,14,20)(H,18,19). The van der Waals surface area contributed by atoms with Crippen LogP contribution in [0, 0.1) is 0 Å². The Morgan fingerprint density at radius 1 is 1.33 bits per heavy atom. The van der Waals surface area contributed by atoms with Gasteiger partial charge < -0.3 is 10.4 Å². The molecule has 0 fully saturated rings. The molecule has 0 aliphatic rings. The molecule has 0 aliphatic carbocycles. The van der Waals surface area contributed by atoms with Gasteiger partial charge >= 0.3 is 5.97 Å². The second-order valence-electron chi connectivity index (χ2n) is 4.21. The SMILES string of the molecule is CSc1ccc(C(=O)NCc2cn(CC(=O)O)nn2)cc1. The van der Waals surface area contributed by atoms with E-state index in [9.17, 15) is 9.59 Å². The summed E-state index contributed by atoms with van der Waals surface area (Å²) in [7, 11) is 0. The zero-order valence-corrected chi connectivity index (χ0v) is 12.1. The van der Waals surface area contributed by atoms with Crippen LogP contribution in [0.3, 0.4) is 0 Å². The van der Waals surface area contributed by atoms with E-state index in [-0.39, 0.29) is 19.0 Å². The van der Waals surface area contributed by atoms with Gasteiger partial charge in [-0.1, -0.05) is 5.21 Å². The fraction of sp³-hybridized carbons (Fsp3) is 0.231. The van der Waals surface area contributed by atoms with Crippen LogP contribution < -0.4 is 5.32 Å². The van der Waals surface area contributed by atoms with Gasteiger partial charge in [0.1, 0.15) is 12.2 Å². The summed E-state index contributed by atoms with van der Waals surface area (Å²) in [6.45, 7) is -0.0557. The highest BCUT2D eigenvalue weighted by Gasteiger charge is 2.08. The van der Waals surface area contributed by atoms with Crippen LogP contribution in [0.1, 0.15) is 16.1 Å². The number of carboxylic acid groups (broad SMARTS) is 1. The van der Waals surface area contributed by atoms with Crippen LogP contribution in [0.4, 0.5) is 0 Å². The van der Waals surface area contributed by atoms with Crippen LogP contribution in [0.5, 0.6) is 0 Å². The van der Waals surface area contributed by atoms with Crippen molar-refractivity contribution in [2.45, 2.75) is 18.0 Å². The number of hydrogen-bond acceptors (Lipinski definition) is 5. The number of thioether (sulfide) groups is 1. The average molecular weight is 306 g/mol. The molecule has 0 bridgehead atoms. The lowest BCUT2D eigenvalue weighted by atomic mass is 10.2. The molecule has 0 atom stereocenters. The number of nitrogens with one attached hydrogen (secondary N) is 1. The first kappa shape index (κ1) is 15.0. The van der Waals surface area contributed by atoms with Crippen LogP contribution in [0.2, 0.25) is 0 Å². The number of rotatable bonds is 6. The predicted molar refractivity (Wildman–Crippen MR) is 77.1 cm³/mol. The summed E-state index contributed by atoms with van der Waals surface area (Å²) in [5.74, 6) is -1.21. The highest BCUT2D eigenvalue weighted by atomic mass is 32.2. The maximum absolute atomic E-state index is 11.9. The third-order valence-corrected chi connectivity index (χ3v) is 3.41. The van der Waals surface area contributed by atoms with Crippen molar-refractivity contribution < 1.29 is 14.7 Å². The van der Waals surface area contributed by atoms with Crippen molar-refractivity contribution in [3.05, 3.63) is 41.7 Å². The number of carboxylic acids is 1. The quantitative estimate of drug-likeness (QED) is 0.773. The summed E-state index contributed by atoms with van der Waals surface area (Å²) < 4.78 is 1.21. The topological polar surface area (TPSA) is 97.1 Å². The fourth-order valence-corrected chi connectivity index (χ4v) is 2.06. The Kier molecular flexibility index (Phi) is 4.94. The lowest BCUT2D eigenvalue weighted by Crippen LogP contribution is -2.22. The summed E-state index contributed by atoms with van der Waals surface area (Å²) in [5, 5.41) is 18.8. The Bertz CT molecular complexity index is 639. The van der Waals surface area contributed by atoms with Gasteiger partial charge in [-0.2, -0.15) is 0 Å². The van der Waals surface area contributed by atoms with E-state index in [0.717, 1.165) is 4.90 Å². The minimum Gasteiger partial charge on any atom is -0.480 e. The molecule has 21 heavy (non-hydrogen) atoms. The van der Waals surface area contributed by atoms with Gasteiger partial charge in [0.05, 0.1) is 12.7 Å². The molecular formula is C13H14N4O3S. The van der Waals surface area contributed by atoms with Gasteiger partial charge in [0, 0.05) is 10.5 Å². The smallest absolute Gasteiger partial charge is 0.325 e. The van der Waals surface area contributed by atoms with Gasteiger partial charge in [0.15, 0.2) is 0 Å². The van der Waals surface area contributed by atoms with Crippen molar-refractivity contribution in [2.75, 3.05) is 6.26 Å². The highest BCUT2D eigenvalue weighted by Crippen LogP contribution is 2.14. The lowest BCUT2D eigenvalue weighted by molar-refractivity contribution is -0.137. The molecule has 1 aromatic heterocycles. The number of aromatic nitrogens is 3. The number of carbonyl (C=O) groups is 2. The molecule has 2 rings (SSSR count). The molecule has 0 saturated heterocycles. The van der Waals surface area contributed by atoms with E-state index in [0.29, 0.717) is 11.3 Å². The molecule has 0 radical (unpaired) electrons. The van der Waals surface area contributed by atoms with E-state index < -0.39 is 5.97 Å². The summed E-state index contributed by atoms with van der Waals surface area (Å²) in [6.07, 6.45) is 3.46. The number of benzene rings is 1. The van der Waals surface area contributed by atoms with E-state index in [2.05, 4.69) is 15.6 Å². The molecule has 8 heteroatoms. The Hall–Kier alpha value is -2.35. The molecule has 1 heterocycles. The van der Waals surface area contributed by atoms with Crippen molar-refractivity contribution in [3.63, 3.8) is 0 Å². The minimum absolute atomic E-state index is 0.197. The second-order valence-corrected chi connectivity index (χ2v) is 5.09. The van der Waals surface area contributed by atoms with E-state index in [1.54, 1.807) is 23.9 Å². The first-order valence-corrected chi connectivity index (χ1v) is 7.34. The zero-order chi connectivity index (χ0) is 15.2. The molecule has 1 aromatic carbocycles. The van der Waals surface area contributed by atoms with Gasteiger partial charge in [-0.15, -0.1) is 16.9 Å². The van der Waals surface area contributed by atoms with Gasteiger partial charge in [-0.25, -0.2) is 4.68 Å². The Morgan fingerprint density at radius 2 is 2.05 bits per heavy atom. The summed E-state index contributed by atoms with van der Waals surface area (Å²) >= 11 is 1.61. The molecule has 7 nitrogen and oxygen atoms in total. The Balaban J connectivity index is 1.91. The van der Waals surface area contributed by atoms with Gasteiger partial charge in [0.25, 0.3) is 5.91 Å². The fourth-order valence-electron chi connectivity index (χ4n) is 1.65. The van der Waals surface area contributed by atoms with Crippen LogP contribution in [-0.2, 0) is 17.9 Å². The molecular weight excluding hydrogens is 292 g/mol. The van der Waals surface area contributed by atoms with Crippen LogP contribution >= 0.6 is 11.8 Å². The molecule has 1 amide bonds. The normalized spacial score (nSPS) is 10.3. The average Bonchev–Trinajstić information content (AvgIpc) is 2.91. The largest absolute Gasteiger partial charge is 0.480 e. The van der Waals surface area contributed by atoms with Crippen molar-refractivity contribution in [1.29, 1.82) is 0 Å². The van der Waals surface area contributed by atoms with Gasteiger partial charge in [0.2, 0.25) is 0 Å². The van der Waals surface area contributed by atoms with Crippen molar-refractivity contribution in [3.8, 4) is 0 Å². The monoisotopic (exact) mass is 306 g/mol. The number of hydrogen-bond donors (Lipinski definition) is 2. The van der Waals surface area contributed by atoms with Crippen LogP contribution in [0.15, 0.2) is 35.4 Å². The molecule has 0 aliphatic heterocycles. The second kappa shape index (κ2) is 6.89. The Labute approximate surface area is 125 Å². The summed E-state index contributed by atoms with van der Waals surface area (Å²) in [5.41, 5.74) is 1.07. The Morgan fingerprint density at radius 3 is 2.67 bits per heavy atom. The van der Waals surface area contributed by atoms with Gasteiger partial charge in [-0.3, -0.25) is 9.59 Å². The molecule has 110 valence electrons. The van der Waals surface area contributed by atoms with E-state index in [1.807, 2.05) is 18.4 Å².